The Hall–Kier alpha value is -3.89. The Labute approximate surface area is 178 Å². The fourth-order valence-corrected chi connectivity index (χ4v) is 3.56. The van der Waals surface area contributed by atoms with Crippen LogP contribution in [0.4, 0.5) is 18.9 Å². The maximum absolute atomic E-state index is 13.2. The number of hydrogen-bond donors (Lipinski definition) is 1. The van der Waals surface area contributed by atoms with Crippen molar-refractivity contribution in [3.8, 4) is 0 Å². The number of carbonyl (C=O) groups is 1. The van der Waals surface area contributed by atoms with Gasteiger partial charge in [-0.05, 0) is 30.7 Å². The molecule has 8 nitrogen and oxygen atoms in total. The molecule has 0 unspecified atom stereocenters. The number of amides is 1. The first-order valence-corrected chi connectivity index (χ1v) is 9.79. The molecule has 0 aliphatic rings. The fourth-order valence-electron chi connectivity index (χ4n) is 3.56. The summed E-state index contributed by atoms with van der Waals surface area (Å²) in [7, 11) is 0. The van der Waals surface area contributed by atoms with Gasteiger partial charge < -0.3 is 5.32 Å². The van der Waals surface area contributed by atoms with Crippen molar-refractivity contribution >= 4 is 28.3 Å². The second-order valence-corrected chi connectivity index (χ2v) is 7.14. The highest BCUT2D eigenvalue weighted by Crippen LogP contribution is 2.34. The molecule has 0 aliphatic carbocycles. The van der Waals surface area contributed by atoms with Crippen LogP contribution in [0.25, 0.3) is 16.7 Å². The van der Waals surface area contributed by atoms with Gasteiger partial charge in [0.25, 0.3) is 5.56 Å². The number of halogens is 3. The van der Waals surface area contributed by atoms with Crippen LogP contribution in [-0.2, 0) is 24.1 Å². The number of hydrogen-bond acceptors (Lipinski definition) is 4. The smallest absolute Gasteiger partial charge is 0.324 e. The highest BCUT2D eigenvalue weighted by atomic mass is 19.4. The molecule has 0 atom stereocenters. The van der Waals surface area contributed by atoms with E-state index in [1.807, 2.05) is 6.92 Å². The average Bonchev–Trinajstić information content (AvgIpc) is 3.06. The minimum Gasteiger partial charge on any atom is -0.324 e. The van der Waals surface area contributed by atoms with Crippen molar-refractivity contribution in [2.75, 3.05) is 5.32 Å². The fraction of sp³-hybridized carbons (Fsp3) is 0.238. The number of fused-ring (bicyclic) bond motifs is 3. The van der Waals surface area contributed by atoms with Crippen molar-refractivity contribution in [2.24, 2.45) is 0 Å². The van der Waals surface area contributed by atoms with E-state index in [0.717, 1.165) is 16.8 Å². The molecular formula is C21H18F3N5O3. The first-order chi connectivity index (χ1) is 15.2. The van der Waals surface area contributed by atoms with Gasteiger partial charge in [0.1, 0.15) is 6.54 Å². The van der Waals surface area contributed by atoms with E-state index in [4.69, 9.17) is 0 Å². The maximum atomic E-state index is 13.2. The number of carbonyl (C=O) groups excluding carboxylic acids is 1. The minimum atomic E-state index is -4.65. The second kappa shape index (κ2) is 7.98. The first-order valence-electron chi connectivity index (χ1n) is 9.79. The average molecular weight is 445 g/mol. The summed E-state index contributed by atoms with van der Waals surface area (Å²) in [6, 6.07) is 11.1. The van der Waals surface area contributed by atoms with Crippen LogP contribution < -0.4 is 16.6 Å². The standard InChI is InChI=1S/C21H18F3N5O3/c1-2-11-27-18(31)13-7-3-6-10-16(13)29-19(27)26-28(20(29)32)12-17(30)25-15-9-5-4-8-14(15)21(22,23)24/h3-10H,2,11-12H2,1H3,(H,25,30). The molecule has 4 rings (SSSR count). The number of benzene rings is 2. The lowest BCUT2D eigenvalue weighted by atomic mass is 10.1. The monoisotopic (exact) mass is 445 g/mol. The molecule has 0 aliphatic heterocycles. The van der Waals surface area contributed by atoms with E-state index in [1.54, 1.807) is 24.3 Å². The third-order valence-electron chi connectivity index (χ3n) is 4.93. The van der Waals surface area contributed by atoms with Crippen LogP contribution in [0.2, 0.25) is 0 Å². The Balaban J connectivity index is 1.77. The van der Waals surface area contributed by atoms with E-state index >= 15 is 0 Å². The number of anilines is 1. The van der Waals surface area contributed by atoms with Gasteiger partial charge in [-0.3, -0.25) is 14.2 Å². The van der Waals surface area contributed by atoms with Crippen LogP contribution in [0.5, 0.6) is 0 Å². The predicted octanol–water partition coefficient (Wildman–Crippen LogP) is 2.88. The quantitative estimate of drug-likeness (QED) is 0.512. The zero-order valence-electron chi connectivity index (χ0n) is 16.9. The summed E-state index contributed by atoms with van der Waals surface area (Å²) in [6.45, 7) is 1.54. The molecule has 2 aromatic heterocycles. The number of rotatable bonds is 5. The molecule has 0 saturated heterocycles. The SMILES string of the molecule is CCCn1c(=O)c2ccccc2n2c(=O)n(CC(=O)Nc3ccccc3C(F)(F)F)nc12. The highest BCUT2D eigenvalue weighted by molar-refractivity contribution is 5.91. The van der Waals surface area contributed by atoms with E-state index in [2.05, 4.69) is 10.4 Å². The zero-order valence-corrected chi connectivity index (χ0v) is 16.9. The summed E-state index contributed by atoms with van der Waals surface area (Å²) in [4.78, 5) is 38.3. The Morgan fingerprint density at radius 1 is 1.06 bits per heavy atom. The van der Waals surface area contributed by atoms with Gasteiger partial charge in [-0.2, -0.15) is 13.2 Å². The van der Waals surface area contributed by atoms with Crippen molar-refractivity contribution in [1.29, 1.82) is 0 Å². The number of nitrogens with one attached hydrogen (secondary N) is 1. The zero-order chi connectivity index (χ0) is 23.0. The van der Waals surface area contributed by atoms with Gasteiger partial charge in [0, 0.05) is 6.54 Å². The third-order valence-corrected chi connectivity index (χ3v) is 4.93. The van der Waals surface area contributed by atoms with E-state index in [9.17, 15) is 27.6 Å². The van der Waals surface area contributed by atoms with E-state index < -0.39 is 35.6 Å². The van der Waals surface area contributed by atoms with Crippen molar-refractivity contribution in [1.82, 2.24) is 18.7 Å². The normalized spacial score (nSPS) is 11.9. The first kappa shape index (κ1) is 21.3. The van der Waals surface area contributed by atoms with Crippen molar-refractivity contribution in [3.63, 3.8) is 0 Å². The van der Waals surface area contributed by atoms with Crippen LogP contribution in [0, 0.1) is 0 Å². The Morgan fingerprint density at radius 2 is 1.75 bits per heavy atom. The number of para-hydroxylation sites is 2. The van der Waals surface area contributed by atoms with Crippen molar-refractivity contribution < 1.29 is 18.0 Å². The van der Waals surface area contributed by atoms with Crippen molar-refractivity contribution in [3.05, 3.63) is 74.9 Å². The summed E-state index contributed by atoms with van der Waals surface area (Å²) in [6.07, 6.45) is -4.05. The molecule has 4 aromatic rings. The van der Waals surface area contributed by atoms with Crippen molar-refractivity contribution in [2.45, 2.75) is 32.6 Å². The molecule has 1 N–H and O–H groups in total. The Bertz CT molecular complexity index is 1450. The molecule has 11 heteroatoms. The molecule has 0 saturated carbocycles. The summed E-state index contributed by atoms with van der Waals surface area (Å²) in [5.74, 6) is -0.801. The van der Waals surface area contributed by atoms with Gasteiger partial charge in [-0.15, -0.1) is 5.10 Å². The summed E-state index contributed by atoms with van der Waals surface area (Å²) in [5.41, 5.74) is -2.09. The van der Waals surface area contributed by atoms with E-state index in [-0.39, 0.29) is 11.3 Å². The van der Waals surface area contributed by atoms with E-state index in [0.29, 0.717) is 23.9 Å². The Morgan fingerprint density at radius 3 is 2.47 bits per heavy atom. The van der Waals surface area contributed by atoms with Crippen LogP contribution in [0.3, 0.4) is 0 Å². The molecule has 0 radical (unpaired) electrons. The molecule has 166 valence electrons. The van der Waals surface area contributed by atoms with Gasteiger partial charge in [0.2, 0.25) is 11.7 Å². The molecular weight excluding hydrogens is 427 g/mol. The molecule has 0 spiro atoms. The lowest BCUT2D eigenvalue weighted by Crippen LogP contribution is -2.29. The van der Waals surface area contributed by atoms with Gasteiger partial charge in [0.05, 0.1) is 22.2 Å². The summed E-state index contributed by atoms with van der Waals surface area (Å²) < 4.78 is 42.9. The lowest BCUT2D eigenvalue weighted by molar-refractivity contribution is -0.137. The van der Waals surface area contributed by atoms with Gasteiger partial charge in [0.15, 0.2) is 0 Å². The molecule has 2 aromatic carbocycles. The molecule has 0 bridgehead atoms. The third kappa shape index (κ3) is 3.66. The van der Waals surface area contributed by atoms with E-state index in [1.165, 1.54) is 21.1 Å². The molecule has 32 heavy (non-hydrogen) atoms. The Kier molecular flexibility index (Phi) is 5.33. The van der Waals surface area contributed by atoms with Crippen LogP contribution in [0.1, 0.15) is 18.9 Å². The number of aryl methyl sites for hydroxylation is 1. The predicted molar refractivity (Wildman–Crippen MR) is 112 cm³/mol. The summed E-state index contributed by atoms with van der Waals surface area (Å²) in [5, 5.41) is 6.65. The van der Waals surface area contributed by atoms with Crippen LogP contribution in [0.15, 0.2) is 58.1 Å². The molecule has 1 amide bonds. The van der Waals surface area contributed by atoms with Gasteiger partial charge in [-0.25, -0.2) is 13.9 Å². The largest absolute Gasteiger partial charge is 0.418 e. The topological polar surface area (TPSA) is 90.4 Å². The van der Waals surface area contributed by atoms with Gasteiger partial charge >= 0.3 is 11.9 Å². The number of alkyl halides is 3. The summed E-state index contributed by atoms with van der Waals surface area (Å²) >= 11 is 0. The minimum absolute atomic E-state index is 0.0593. The van der Waals surface area contributed by atoms with Crippen LogP contribution in [-0.4, -0.2) is 24.7 Å². The maximum Gasteiger partial charge on any atom is 0.418 e. The highest BCUT2D eigenvalue weighted by Gasteiger charge is 2.33. The molecule has 2 heterocycles. The number of aromatic nitrogens is 4. The second-order valence-electron chi connectivity index (χ2n) is 7.14. The van der Waals surface area contributed by atoms with Gasteiger partial charge in [-0.1, -0.05) is 31.2 Å². The van der Waals surface area contributed by atoms with Crippen LogP contribution >= 0.6 is 0 Å². The molecule has 0 fully saturated rings. The lowest BCUT2D eigenvalue weighted by Gasteiger charge is -2.13. The number of nitrogens with zero attached hydrogens (tertiary/aromatic N) is 4.